The molecule has 3 aromatic rings. The lowest BCUT2D eigenvalue weighted by Gasteiger charge is -2.33. The summed E-state index contributed by atoms with van der Waals surface area (Å²) >= 11 is 0. The molecule has 260 valence electrons. The highest BCUT2D eigenvalue weighted by molar-refractivity contribution is 7.49. The number of benzene rings is 3. The molecular weight excluding hydrogens is 611 g/mol. The molecule has 3 rings (SSSR count). The third-order valence-corrected chi connectivity index (χ3v) is 10.5. The van der Waals surface area contributed by atoms with Gasteiger partial charge in [-0.1, -0.05) is 59.7 Å². The van der Waals surface area contributed by atoms with Crippen molar-refractivity contribution in [1.82, 2.24) is 0 Å². The average molecular weight is 669 g/mol. The summed E-state index contributed by atoms with van der Waals surface area (Å²) in [7, 11) is -4.54. The second-order valence-electron chi connectivity index (χ2n) is 15.2. The minimum atomic E-state index is -4.54. The first kappa shape index (κ1) is 38.6. The summed E-state index contributed by atoms with van der Waals surface area (Å²) in [6, 6.07) is 11.7. The van der Waals surface area contributed by atoms with Gasteiger partial charge in [0.25, 0.3) is 0 Å². The van der Waals surface area contributed by atoms with Crippen LogP contribution in [0.25, 0.3) is 0 Å². The van der Waals surface area contributed by atoms with E-state index in [1.807, 2.05) is 119 Å². The van der Waals surface area contributed by atoms with Gasteiger partial charge in [0.15, 0.2) is 0 Å². The highest BCUT2D eigenvalue weighted by atomic mass is 31.2. The highest BCUT2D eigenvalue weighted by Crippen LogP contribution is 2.56. The quantitative estimate of drug-likeness (QED) is 0.139. The lowest BCUT2D eigenvalue weighted by atomic mass is 9.78. The number of phosphoric ester groups is 1. The zero-order valence-corrected chi connectivity index (χ0v) is 31.5. The summed E-state index contributed by atoms with van der Waals surface area (Å²) in [5.74, 6) is 1.10. The predicted molar refractivity (Wildman–Crippen MR) is 191 cm³/mol. The second-order valence-corrected chi connectivity index (χ2v) is 16.6. The van der Waals surface area contributed by atoms with Gasteiger partial charge in [-0.05, 0) is 129 Å². The predicted octanol–water partition coefficient (Wildman–Crippen LogP) is 9.16. The molecule has 3 N–H and O–H groups in total. The molecule has 0 spiro atoms. The van der Waals surface area contributed by atoms with Gasteiger partial charge in [0.1, 0.15) is 17.2 Å². The van der Waals surface area contributed by atoms with Crippen molar-refractivity contribution in [3.8, 4) is 17.2 Å². The fraction of sp³-hybridized carbons (Fsp3) is 0.538. The van der Waals surface area contributed by atoms with Crippen molar-refractivity contribution in [2.45, 2.75) is 119 Å². The first-order valence-corrected chi connectivity index (χ1v) is 18.0. The minimum absolute atomic E-state index is 0.0256. The van der Waals surface area contributed by atoms with Crippen LogP contribution in [0.5, 0.6) is 17.2 Å². The normalized spacial score (nSPS) is 12.7. The molecule has 0 heterocycles. The van der Waals surface area contributed by atoms with Crippen molar-refractivity contribution in [2.24, 2.45) is 0 Å². The van der Waals surface area contributed by atoms with E-state index in [0.29, 0.717) is 36.5 Å². The van der Waals surface area contributed by atoms with Gasteiger partial charge < -0.3 is 28.9 Å². The summed E-state index contributed by atoms with van der Waals surface area (Å²) in [5.41, 5.74) is 6.46. The van der Waals surface area contributed by atoms with Crippen LogP contribution in [0.4, 0.5) is 0 Å². The minimum Gasteiger partial charge on any atom is -0.396 e. The van der Waals surface area contributed by atoms with Gasteiger partial charge in [0.2, 0.25) is 0 Å². The molecule has 0 aliphatic carbocycles. The van der Waals surface area contributed by atoms with Crippen LogP contribution in [0.2, 0.25) is 0 Å². The number of aryl methyl sites for hydroxylation is 6. The molecule has 0 amide bonds. The Hall–Kier alpha value is -2.83. The molecule has 8 heteroatoms. The Labute approximate surface area is 282 Å². The van der Waals surface area contributed by atoms with Crippen LogP contribution in [0.1, 0.15) is 111 Å². The molecule has 47 heavy (non-hydrogen) atoms. The van der Waals surface area contributed by atoms with Gasteiger partial charge in [-0.15, -0.1) is 0 Å². The third-order valence-electron chi connectivity index (χ3n) is 9.20. The fourth-order valence-electron chi connectivity index (χ4n) is 7.23. The Morgan fingerprint density at radius 1 is 0.489 bits per heavy atom. The summed E-state index contributed by atoms with van der Waals surface area (Å²) in [4.78, 5) is 0. The topological polar surface area (TPSA) is 105 Å². The van der Waals surface area contributed by atoms with Gasteiger partial charge in [0, 0.05) is 36.5 Å². The van der Waals surface area contributed by atoms with Gasteiger partial charge in [-0.25, -0.2) is 0 Å². The largest absolute Gasteiger partial charge is 0.647 e. The molecule has 0 saturated heterocycles. The maximum absolute atomic E-state index is 15.5. The molecule has 0 atom stereocenters. The van der Waals surface area contributed by atoms with Crippen LogP contribution in [-0.4, -0.2) is 35.1 Å². The van der Waals surface area contributed by atoms with Crippen molar-refractivity contribution < 1.29 is 33.5 Å². The van der Waals surface area contributed by atoms with E-state index in [1.54, 1.807) is 0 Å². The first-order valence-electron chi connectivity index (χ1n) is 16.6. The van der Waals surface area contributed by atoms with Crippen LogP contribution in [0.15, 0.2) is 36.4 Å². The number of aliphatic hydroxyl groups is 3. The van der Waals surface area contributed by atoms with Crippen molar-refractivity contribution in [2.75, 3.05) is 19.8 Å². The van der Waals surface area contributed by atoms with E-state index in [1.165, 1.54) is 0 Å². The van der Waals surface area contributed by atoms with Crippen molar-refractivity contribution in [1.29, 1.82) is 0 Å². The van der Waals surface area contributed by atoms with Crippen LogP contribution >= 0.6 is 7.82 Å². The molecule has 0 aliphatic rings. The molecule has 0 unspecified atom stereocenters. The summed E-state index contributed by atoms with van der Waals surface area (Å²) in [5, 5.41) is 29.8. The molecule has 3 aromatic carbocycles. The van der Waals surface area contributed by atoms with Gasteiger partial charge in [-0.2, -0.15) is 4.57 Å². The Morgan fingerprint density at radius 3 is 0.936 bits per heavy atom. The van der Waals surface area contributed by atoms with Crippen LogP contribution in [-0.2, 0) is 20.8 Å². The molecule has 0 aliphatic heterocycles. The maximum Gasteiger partial charge on any atom is 0.647 e. The van der Waals surface area contributed by atoms with Gasteiger partial charge in [-0.3, -0.25) is 0 Å². The molecule has 7 nitrogen and oxygen atoms in total. The van der Waals surface area contributed by atoms with Crippen LogP contribution in [0.3, 0.4) is 0 Å². The van der Waals surface area contributed by atoms with E-state index in [0.717, 1.165) is 50.1 Å². The van der Waals surface area contributed by atoms with Gasteiger partial charge >= 0.3 is 7.82 Å². The van der Waals surface area contributed by atoms with Crippen molar-refractivity contribution in [3.05, 3.63) is 86.5 Å². The summed E-state index contributed by atoms with van der Waals surface area (Å²) < 4.78 is 35.2. The Kier molecular flexibility index (Phi) is 12.1. The Bertz CT molecular complexity index is 1430. The molecule has 0 fully saturated rings. The number of phosphoric acid groups is 1. The third kappa shape index (κ3) is 9.00. The molecule has 0 radical (unpaired) electrons. The average Bonchev–Trinajstić information content (AvgIpc) is 2.86. The number of rotatable bonds is 15. The number of aliphatic hydroxyl groups excluding tert-OH is 3. The van der Waals surface area contributed by atoms with E-state index in [-0.39, 0.29) is 19.8 Å². The van der Waals surface area contributed by atoms with Crippen LogP contribution in [0, 0.1) is 41.5 Å². The second kappa shape index (κ2) is 14.7. The highest BCUT2D eigenvalue weighted by Gasteiger charge is 2.41. The fourth-order valence-corrected chi connectivity index (χ4v) is 8.50. The van der Waals surface area contributed by atoms with E-state index in [4.69, 9.17) is 13.6 Å². The lowest BCUT2D eigenvalue weighted by Crippen LogP contribution is -2.24. The van der Waals surface area contributed by atoms with E-state index < -0.39 is 24.1 Å². The molecular formula is C39H57O7P. The SMILES string of the molecule is Cc1cc(C)c(C(C)(C)CCO)c(OP(=O)(Oc2cc(C)cc(C)c2C(C)(C)CCO)Oc2cc(C)cc(C)c2C(C)(C)CCO)c1. The van der Waals surface area contributed by atoms with Crippen molar-refractivity contribution >= 4 is 7.82 Å². The molecule has 0 aromatic heterocycles. The number of hydrogen-bond acceptors (Lipinski definition) is 7. The smallest absolute Gasteiger partial charge is 0.396 e. The van der Waals surface area contributed by atoms with Crippen LogP contribution < -0.4 is 13.6 Å². The molecule has 0 saturated carbocycles. The van der Waals surface area contributed by atoms with Gasteiger partial charge in [0.05, 0.1) is 0 Å². The van der Waals surface area contributed by atoms with E-state index in [9.17, 15) is 15.3 Å². The van der Waals surface area contributed by atoms with E-state index >= 15 is 4.57 Å². The van der Waals surface area contributed by atoms with E-state index in [2.05, 4.69) is 0 Å². The lowest BCUT2D eigenvalue weighted by molar-refractivity contribution is 0.245. The number of hydrogen-bond donors (Lipinski definition) is 3. The summed E-state index contributed by atoms with van der Waals surface area (Å²) in [6.45, 7) is 23.9. The zero-order chi connectivity index (χ0) is 35.5. The first-order chi connectivity index (χ1) is 21.7. The molecule has 0 bridgehead atoms. The standard InChI is InChI=1S/C39H57O7P/c1-25-19-28(4)34(37(7,8)13-16-40)31(22-25)44-47(43,45-32-23-26(2)20-29(5)35(32)38(9,10)14-17-41)46-33-24-27(3)21-30(6)36(33)39(11,12)15-18-42/h19-24,40-42H,13-18H2,1-12H3. The maximum atomic E-state index is 15.5. The zero-order valence-electron chi connectivity index (χ0n) is 30.6. The van der Waals surface area contributed by atoms with Crippen molar-refractivity contribution in [3.63, 3.8) is 0 Å². The summed E-state index contributed by atoms with van der Waals surface area (Å²) in [6.07, 6.45) is 1.39. The monoisotopic (exact) mass is 668 g/mol. The Morgan fingerprint density at radius 2 is 0.723 bits per heavy atom. The Balaban J connectivity index is 2.38.